The second-order valence-electron chi connectivity index (χ2n) is 5.87. The standard InChI is InChI=1S/C16H17N5O2S/c1-21(9-11-2-3-15(18)19-8-11)16-12(7-17)6-13-10-24(22,23)5-4-14(13)20-16/h2-3,6,8H,4-5,9-10H2,1H3,(H2,18,19). The molecule has 0 fully saturated rings. The van der Waals surface area contributed by atoms with Gasteiger partial charge in [0.2, 0.25) is 0 Å². The summed E-state index contributed by atoms with van der Waals surface area (Å²) in [5.41, 5.74) is 8.28. The number of hydrogen-bond donors (Lipinski definition) is 1. The molecule has 3 rings (SSSR count). The highest BCUT2D eigenvalue weighted by atomic mass is 32.2. The molecule has 0 saturated carbocycles. The summed E-state index contributed by atoms with van der Waals surface area (Å²) in [6.07, 6.45) is 2.07. The summed E-state index contributed by atoms with van der Waals surface area (Å²) < 4.78 is 23.5. The van der Waals surface area contributed by atoms with Gasteiger partial charge in [-0.1, -0.05) is 6.07 Å². The molecule has 0 bridgehead atoms. The van der Waals surface area contributed by atoms with E-state index in [2.05, 4.69) is 16.0 Å². The largest absolute Gasteiger partial charge is 0.384 e. The van der Waals surface area contributed by atoms with Gasteiger partial charge in [-0.2, -0.15) is 5.26 Å². The van der Waals surface area contributed by atoms with E-state index < -0.39 is 9.84 Å². The van der Waals surface area contributed by atoms with E-state index >= 15 is 0 Å². The van der Waals surface area contributed by atoms with Crippen LogP contribution in [-0.2, 0) is 28.6 Å². The molecule has 0 aromatic carbocycles. The molecule has 3 heterocycles. The van der Waals surface area contributed by atoms with Gasteiger partial charge < -0.3 is 10.6 Å². The zero-order valence-electron chi connectivity index (χ0n) is 13.2. The molecule has 2 N–H and O–H groups in total. The Bertz CT molecular complexity index is 917. The molecule has 2 aromatic heterocycles. The minimum Gasteiger partial charge on any atom is -0.384 e. The Balaban J connectivity index is 1.93. The maximum atomic E-state index is 11.8. The summed E-state index contributed by atoms with van der Waals surface area (Å²) in [7, 11) is -1.25. The molecule has 7 nitrogen and oxygen atoms in total. The van der Waals surface area contributed by atoms with Crippen LogP contribution in [0.5, 0.6) is 0 Å². The molecule has 1 aliphatic rings. The number of sulfone groups is 1. The second-order valence-corrected chi connectivity index (χ2v) is 8.05. The quantitative estimate of drug-likeness (QED) is 0.885. The number of hydrogen-bond acceptors (Lipinski definition) is 7. The van der Waals surface area contributed by atoms with Gasteiger partial charge in [0, 0.05) is 31.9 Å². The van der Waals surface area contributed by atoms with Crippen LogP contribution in [0, 0.1) is 11.3 Å². The van der Waals surface area contributed by atoms with Crippen molar-refractivity contribution in [2.75, 3.05) is 23.4 Å². The SMILES string of the molecule is CN(Cc1ccc(N)nc1)c1nc2c(cc1C#N)CS(=O)(=O)CC2. The molecule has 0 atom stereocenters. The van der Waals surface area contributed by atoms with E-state index in [9.17, 15) is 13.7 Å². The lowest BCUT2D eigenvalue weighted by molar-refractivity contribution is 0.590. The number of fused-ring (bicyclic) bond motifs is 1. The third-order valence-corrected chi connectivity index (χ3v) is 5.52. The fourth-order valence-electron chi connectivity index (χ4n) is 2.74. The molecule has 2 aromatic rings. The number of rotatable bonds is 3. The van der Waals surface area contributed by atoms with Gasteiger partial charge in [-0.05, 0) is 23.3 Å². The van der Waals surface area contributed by atoms with Crippen LogP contribution in [0.1, 0.15) is 22.4 Å². The number of nitrogen functional groups attached to an aromatic ring is 1. The van der Waals surface area contributed by atoms with Crippen LogP contribution >= 0.6 is 0 Å². The van der Waals surface area contributed by atoms with E-state index in [1.165, 1.54) is 0 Å². The summed E-state index contributed by atoms with van der Waals surface area (Å²) in [6.45, 7) is 0.520. The van der Waals surface area contributed by atoms with E-state index in [-0.39, 0.29) is 11.5 Å². The lowest BCUT2D eigenvalue weighted by atomic mass is 10.1. The van der Waals surface area contributed by atoms with Gasteiger partial charge >= 0.3 is 0 Å². The summed E-state index contributed by atoms with van der Waals surface area (Å²) in [6, 6.07) is 7.35. The smallest absolute Gasteiger partial charge is 0.154 e. The van der Waals surface area contributed by atoms with Gasteiger partial charge in [-0.15, -0.1) is 0 Å². The van der Waals surface area contributed by atoms with Crippen LogP contribution in [0.4, 0.5) is 11.6 Å². The van der Waals surface area contributed by atoms with Crippen LogP contribution in [0.2, 0.25) is 0 Å². The molecular weight excluding hydrogens is 326 g/mol. The Hall–Kier alpha value is -2.66. The van der Waals surface area contributed by atoms with Gasteiger partial charge in [0.15, 0.2) is 9.84 Å². The topological polar surface area (TPSA) is 113 Å². The molecule has 0 amide bonds. The van der Waals surface area contributed by atoms with Crippen molar-refractivity contribution in [2.45, 2.75) is 18.7 Å². The second kappa shape index (κ2) is 6.09. The van der Waals surface area contributed by atoms with Crippen molar-refractivity contribution in [1.82, 2.24) is 9.97 Å². The van der Waals surface area contributed by atoms with Crippen molar-refractivity contribution in [3.05, 3.63) is 46.8 Å². The van der Waals surface area contributed by atoms with Crippen LogP contribution < -0.4 is 10.6 Å². The first-order chi connectivity index (χ1) is 11.4. The highest BCUT2D eigenvalue weighted by Gasteiger charge is 2.25. The molecular formula is C16H17N5O2S. The van der Waals surface area contributed by atoms with Gasteiger partial charge in [0.25, 0.3) is 0 Å². The molecule has 0 radical (unpaired) electrons. The summed E-state index contributed by atoms with van der Waals surface area (Å²) >= 11 is 0. The van der Waals surface area contributed by atoms with Crippen LogP contribution in [0.15, 0.2) is 24.4 Å². The van der Waals surface area contributed by atoms with Crippen molar-refractivity contribution in [3.63, 3.8) is 0 Å². The molecule has 1 aliphatic heterocycles. The van der Waals surface area contributed by atoms with Gasteiger partial charge in [0.05, 0.1) is 17.1 Å². The number of anilines is 2. The van der Waals surface area contributed by atoms with Crippen LogP contribution in [-0.4, -0.2) is 31.2 Å². The number of nitrogens with two attached hydrogens (primary N) is 1. The lowest BCUT2D eigenvalue weighted by Gasteiger charge is -2.23. The minimum absolute atomic E-state index is 0.0457. The maximum absolute atomic E-state index is 11.8. The Morgan fingerprint density at radius 3 is 2.88 bits per heavy atom. The van der Waals surface area contributed by atoms with Gasteiger partial charge in [-0.3, -0.25) is 0 Å². The van der Waals surface area contributed by atoms with E-state index in [0.29, 0.717) is 35.7 Å². The van der Waals surface area contributed by atoms with E-state index in [0.717, 1.165) is 11.3 Å². The molecule has 0 saturated heterocycles. The Labute approximate surface area is 140 Å². The third-order valence-electron chi connectivity index (χ3n) is 3.95. The average molecular weight is 343 g/mol. The summed E-state index contributed by atoms with van der Waals surface area (Å²) in [4.78, 5) is 10.5. The minimum atomic E-state index is -3.09. The van der Waals surface area contributed by atoms with Crippen molar-refractivity contribution in [1.29, 1.82) is 5.26 Å². The Kier molecular flexibility index (Phi) is 4.11. The van der Waals surface area contributed by atoms with Crippen LogP contribution in [0.3, 0.4) is 0 Å². The Morgan fingerprint density at radius 2 is 2.21 bits per heavy atom. The van der Waals surface area contributed by atoms with E-state index in [1.807, 2.05) is 18.0 Å². The fraction of sp³-hybridized carbons (Fsp3) is 0.312. The van der Waals surface area contributed by atoms with Crippen molar-refractivity contribution >= 4 is 21.5 Å². The maximum Gasteiger partial charge on any atom is 0.154 e. The van der Waals surface area contributed by atoms with Crippen molar-refractivity contribution < 1.29 is 8.42 Å². The lowest BCUT2D eigenvalue weighted by Crippen LogP contribution is -2.24. The number of aryl methyl sites for hydroxylation is 1. The molecule has 124 valence electrons. The number of nitrogens with zero attached hydrogens (tertiary/aromatic N) is 4. The zero-order valence-corrected chi connectivity index (χ0v) is 14.0. The molecule has 8 heteroatoms. The fourth-order valence-corrected chi connectivity index (χ4v) is 4.11. The average Bonchev–Trinajstić information content (AvgIpc) is 2.54. The van der Waals surface area contributed by atoms with Gasteiger partial charge in [0.1, 0.15) is 17.7 Å². The van der Waals surface area contributed by atoms with Gasteiger partial charge in [-0.25, -0.2) is 18.4 Å². The number of aromatic nitrogens is 2. The highest BCUT2D eigenvalue weighted by Crippen LogP contribution is 2.26. The van der Waals surface area contributed by atoms with Crippen molar-refractivity contribution in [3.8, 4) is 6.07 Å². The first-order valence-corrected chi connectivity index (χ1v) is 9.25. The molecule has 0 spiro atoms. The predicted molar refractivity (Wildman–Crippen MR) is 90.9 cm³/mol. The number of pyridine rings is 2. The summed E-state index contributed by atoms with van der Waals surface area (Å²) in [5, 5.41) is 9.41. The first kappa shape index (κ1) is 16.2. The monoisotopic (exact) mass is 343 g/mol. The molecule has 24 heavy (non-hydrogen) atoms. The van der Waals surface area contributed by atoms with E-state index in [4.69, 9.17) is 5.73 Å². The highest BCUT2D eigenvalue weighted by molar-refractivity contribution is 7.90. The van der Waals surface area contributed by atoms with Crippen molar-refractivity contribution in [2.24, 2.45) is 0 Å². The van der Waals surface area contributed by atoms with Crippen LogP contribution in [0.25, 0.3) is 0 Å². The summed E-state index contributed by atoms with van der Waals surface area (Å²) in [5.74, 6) is 1.06. The number of nitriles is 1. The first-order valence-electron chi connectivity index (χ1n) is 7.43. The normalized spacial score (nSPS) is 15.3. The third kappa shape index (κ3) is 3.31. The predicted octanol–water partition coefficient (Wildman–Crippen LogP) is 1.04. The van der Waals surface area contributed by atoms with E-state index in [1.54, 1.807) is 18.3 Å². The molecule has 0 unspecified atom stereocenters. The zero-order chi connectivity index (χ0) is 17.3. The Morgan fingerprint density at radius 1 is 1.42 bits per heavy atom. The molecule has 0 aliphatic carbocycles.